The van der Waals surface area contributed by atoms with Gasteiger partial charge in [0.25, 0.3) is 0 Å². The summed E-state index contributed by atoms with van der Waals surface area (Å²) in [5.74, 6) is -0.732. The van der Waals surface area contributed by atoms with Gasteiger partial charge in [-0.3, -0.25) is 9.59 Å². The fourth-order valence-electron chi connectivity index (χ4n) is 1.62. The van der Waals surface area contributed by atoms with Gasteiger partial charge in [-0.1, -0.05) is 6.92 Å². The number of carbonyl (C=O) groups is 2. The Bertz CT molecular complexity index is 242. The molecule has 1 aliphatic rings. The monoisotopic (exact) mass is 200 g/mol. The zero-order valence-corrected chi connectivity index (χ0v) is 8.27. The van der Waals surface area contributed by atoms with Crippen LogP contribution in [-0.4, -0.2) is 47.4 Å². The zero-order chi connectivity index (χ0) is 10.7. The standard InChI is InChI=1S/C9H16N2O3/c1-6-4-11(3-2-8(6)12)5-7(10)9(13)14/h6-7H,2-5,10H2,1H3,(H,13,14). The lowest BCUT2D eigenvalue weighted by Gasteiger charge is -2.30. The van der Waals surface area contributed by atoms with Crippen LogP contribution in [0.4, 0.5) is 0 Å². The molecule has 2 atom stereocenters. The molecule has 3 N–H and O–H groups in total. The molecule has 1 aliphatic heterocycles. The summed E-state index contributed by atoms with van der Waals surface area (Å²) in [6, 6.07) is -0.851. The summed E-state index contributed by atoms with van der Waals surface area (Å²) < 4.78 is 0. The number of piperidine rings is 1. The predicted molar refractivity (Wildman–Crippen MR) is 50.8 cm³/mol. The number of aliphatic carboxylic acids is 1. The predicted octanol–water partition coefficient (Wildman–Crippen LogP) is -0.691. The molecule has 1 heterocycles. The molecule has 0 amide bonds. The normalized spacial score (nSPS) is 26.1. The van der Waals surface area contributed by atoms with Crippen molar-refractivity contribution in [1.29, 1.82) is 0 Å². The second-order valence-corrected chi connectivity index (χ2v) is 3.82. The molecule has 5 heteroatoms. The molecule has 0 bridgehead atoms. The van der Waals surface area contributed by atoms with Gasteiger partial charge < -0.3 is 15.7 Å². The summed E-state index contributed by atoms with van der Waals surface area (Å²) in [6.07, 6.45) is 0.507. The van der Waals surface area contributed by atoms with E-state index in [0.29, 0.717) is 26.1 Å². The van der Waals surface area contributed by atoms with Gasteiger partial charge in [-0.15, -0.1) is 0 Å². The van der Waals surface area contributed by atoms with Crippen molar-refractivity contribution in [2.24, 2.45) is 11.7 Å². The third kappa shape index (κ3) is 2.78. The number of carboxylic acid groups (broad SMARTS) is 1. The van der Waals surface area contributed by atoms with Gasteiger partial charge in [0.05, 0.1) is 0 Å². The average molecular weight is 200 g/mol. The summed E-state index contributed by atoms with van der Waals surface area (Å²) >= 11 is 0. The van der Waals surface area contributed by atoms with Gasteiger partial charge in [-0.25, -0.2) is 0 Å². The minimum atomic E-state index is -0.991. The lowest BCUT2D eigenvalue weighted by atomic mass is 9.98. The van der Waals surface area contributed by atoms with Gasteiger partial charge in [0.15, 0.2) is 0 Å². The van der Waals surface area contributed by atoms with E-state index in [1.165, 1.54) is 0 Å². The van der Waals surface area contributed by atoms with Crippen LogP contribution in [0.15, 0.2) is 0 Å². The van der Waals surface area contributed by atoms with E-state index in [2.05, 4.69) is 0 Å². The van der Waals surface area contributed by atoms with E-state index in [4.69, 9.17) is 10.8 Å². The molecule has 0 saturated carbocycles. The molecule has 0 aromatic carbocycles. The molecule has 80 valence electrons. The van der Waals surface area contributed by atoms with Crippen molar-refractivity contribution in [2.45, 2.75) is 19.4 Å². The maximum absolute atomic E-state index is 11.2. The van der Waals surface area contributed by atoms with Crippen LogP contribution < -0.4 is 5.73 Å². The molecule has 0 spiro atoms. The molecule has 0 radical (unpaired) electrons. The number of nitrogens with zero attached hydrogens (tertiary/aromatic N) is 1. The average Bonchev–Trinajstić information content (AvgIpc) is 2.11. The molecule has 0 aromatic heterocycles. The van der Waals surface area contributed by atoms with Gasteiger partial charge in [0.1, 0.15) is 11.8 Å². The van der Waals surface area contributed by atoms with Crippen LogP contribution in [0.3, 0.4) is 0 Å². The van der Waals surface area contributed by atoms with Crippen LogP contribution in [0.25, 0.3) is 0 Å². The van der Waals surface area contributed by atoms with E-state index >= 15 is 0 Å². The zero-order valence-electron chi connectivity index (χ0n) is 8.27. The summed E-state index contributed by atoms with van der Waals surface area (Å²) in [4.78, 5) is 23.6. The Labute approximate surface area is 82.9 Å². The van der Waals surface area contributed by atoms with Crippen LogP contribution in [0.5, 0.6) is 0 Å². The van der Waals surface area contributed by atoms with Crippen molar-refractivity contribution >= 4 is 11.8 Å². The molecular formula is C9H16N2O3. The Morgan fingerprint density at radius 3 is 2.93 bits per heavy atom. The fraction of sp³-hybridized carbons (Fsp3) is 0.778. The van der Waals surface area contributed by atoms with Crippen molar-refractivity contribution < 1.29 is 14.7 Å². The molecule has 1 fully saturated rings. The SMILES string of the molecule is CC1CN(CC(N)C(=O)O)CCC1=O. The Kier molecular flexibility index (Phi) is 3.60. The largest absolute Gasteiger partial charge is 0.480 e. The molecule has 14 heavy (non-hydrogen) atoms. The number of carboxylic acids is 1. The third-order valence-corrected chi connectivity index (χ3v) is 2.53. The number of hydrogen-bond donors (Lipinski definition) is 2. The minimum Gasteiger partial charge on any atom is -0.480 e. The highest BCUT2D eigenvalue weighted by Gasteiger charge is 2.25. The van der Waals surface area contributed by atoms with Crippen LogP contribution in [0.1, 0.15) is 13.3 Å². The molecule has 0 aromatic rings. The number of nitrogens with two attached hydrogens (primary N) is 1. The highest BCUT2D eigenvalue weighted by atomic mass is 16.4. The molecule has 2 unspecified atom stereocenters. The van der Waals surface area contributed by atoms with E-state index in [0.717, 1.165) is 0 Å². The van der Waals surface area contributed by atoms with Gasteiger partial charge in [-0.05, 0) is 0 Å². The first-order chi connectivity index (χ1) is 6.50. The van der Waals surface area contributed by atoms with E-state index in [1.54, 1.807) is 0 Å². The molecular weight excluding hydrogens is 184 g/mol. The van der Waals surface area contributed by atoms with Crippen LogP contribution in [0, 0.1) is 5.92 Å². The number of ketones is 1. The lowest BCUT2D eigenvalue weighted by Crippen LogP contribution is -2.48. The molecule has 0 aliphatic carbocycles. The van der Waals surface area contributed by atoms with Crippen molar-refractivity contribution in [3.8, 4) is 0 Å². The maximum Gasteiger partial charge on any atom is 0.321 e. The maximum atomic E-state index is 11.2. The number of Topliss-reactive ketones (excluding diaryl/α,β-unsaturated/α-hetero) is 1. The Balaban J connectivity index is 2.40. The van der Waals surface area contributed by atoms with E-state index in [1.807, 2.05) is 11.8 Å². The number of likely N-dealkylation sites (tertiary alicyclic amines) is 1. The first kappa shape index (κ1) is 11.1. The van der Waals surface area contributed by atoms with Gasteiger partial charge >= 0.3 is 5.97 Å². The third-order valence-electron chi connectivity index (χ3n) is 2.53. The molecule has 1 rings (SSSR count). The van der Waals surface area contributed by atoms with E-state index in [-0.39, 0.29) is 11.7 Å². The Morgan fingerprint density at radius 1 is 1.79 bits per heavy atom. The summed E-state index contributed by atoms with van der Waals surface area (Å²) in [5.41, 5.74) is 5.40. The van der Waals surface area contributed by atoms with Gasteiger partial charge in [0.2, 0.25) is 0 Å². The van der Waals surface area contributed by atoms with E-state index in [9.17, 15) is 9.59 Å². The first-order valence-electron chi connectivity index (χ1n) is 4.74. The highest BCUT2D eigenvalue weighted by Crippen LogP contribution is 2.11. The molecule has 1 saturated heterocycles. The molecule has 5 nitrogen and oxygen atoms in total. The minimum absolute atomic E-state index is 0.00439. The summed E-state index contributed by atoms with van der Waals surface area (Å²) in [6.45, 7) is 3.44. The van der Waals surface area contributed by atoms with Crippen molar-refractivity contribution in [2.75, 3.05) is 19.6 Å². The second kappa shape index (κ2) is 4.52. The van der Waals surface area contributed by atoms with Crippen LogP contribution in [0.2, 0.25) is 0 Å². The number of carbonyl (C=O) groups excluding carboxylic acids is 1. The highest BCUT2D eigenvalue weighted by molar-refractivity contribution is 5.81. The van der Waals surface area contributed by atoms with Crippen molar-refractivity contribution in [1.82, 2.24) is 4.90 Å². The van der Waals surface area contributed by atoms with E-state index < -0.39 is 12.0 Å². The number of rotatable bonds is 3. The Hall–Kier alpha value is -0.940. The second-order valence-electron chi connectivity index (χ2n) is 3.82. The van der Waals surface area contributed by atoms with Crippen LogP contribution in [-0.2, 0) is 9.59 Å². The van der Waals surface area contributed by atoms with Gasteiger partial charge in [-0.2, -0.15) is 0 Å². The van der Waals surface area contributed by atoms with Crippen LogP contribution >= 0.6 is 0 Å². The quantitative estimate of drug-likeness (QED) is 0.630. The summed E-state index contributed by atoms with van der Waals surface area (Å²) in [7, 11) is 0. The Morgan fingerprint density at radius 2 is 2.43 bits per heavy atom. The fourth-order valence-corrected chi connectivity index (χ4v) is 1.62. The van der Waals surface area contributed by atoms with Crippen molar-refractivity contribution in [3.63, 3.8) is 0 Å². The lowest BCUT2D eigenvalue weighted by molar-refractivity contribution is -0.139. The topological polar surface area (TPSA) is 83.6 Å². The first-order valence-corrected chi connectivity index (χ1v) is 4.74. The smallest absolute Gasteiger partial charge is 0.321 e. The number of hydrogen-bond acceptors (Lipinski definition) is 4. The van der Waals surface area contributed by atoms with Crippen molar-refractivity contribution in [3.05, 3.63) is 0 Å². The summed E-state index contributed by atoms with van der Waals surface area (Å²) in [5, 5.41) is 8.61. The van der Waals surface area contributed by atoms with Gasteiger partial charge in [0, 0.05) is 32.0 Å².